The molecule has 0 spiro atoms. The van der Waals surface area contributed by atoms with Crippen molar-refractivity contribution in [3.63, 3.8) is 0 Å². The second kappa shape index (κ2) is 15.0. The summed E-state index contributed by atoms with van der Waals surface area (Å²) in [6, 6.07) is 14.2. The predicted molar refractivity (Wildman–Crippen MR) is 169 cm³/mol. The Labute approximate surface area is 258 Å². The summed E-state index contributed by atoms with van der Waals surface area (Å²) in [6.07, 6.45) is 3.59. The van der Waals surface area contributed by atoms with E-state index in [0.717, 1.165) is 51.5 Å². The zero-order valence-corrected chi connectivity index (χ0v) is 25.9. The first-order valence-electron chi connectivity index (χ1n) is 14.5. The highest BCUT2D eigenvalue weighted by atomic mass is 35.5. The molecule has 0 unspecified atom stereocenters. The number of carbonyl (C=O) groups is 1. The summed E-state index contributed by atoms with van der Waals surface area (Å²) in [6.45, 7) is 10.5. The van der Waals surface area contributed by atoms with Gasteiger partial charge < -0.3 is 24.3 Å². The quantitative estimate of drug-likeness (QED) is 0.373. The van der Waals surface area contributed by atoms with E-state index >= 15 is 0 Å². The molecule has 1 amide bonds. The standard InChI is InChI=1S/C25H25ClFN5O2.C5H11N.C2H3N/c1-16(27)24(33)31-13-11-30(12-14-31)23-18-9-10-32(15-20(18)28-25(29-23)34-2)21-8-4-6-17-5-3-7-19(26)22(17)21;1-6-4-2-3-5-6;1-2-3/h3-8H,1,9-15H2,2H3;2-5H2,1H3;1H3. The van der Waals surface area contributed by atoms with Crippen molar-refractivity contribution in [1.82, 2.24) is 19.8 Å². The van der Waals surface area contributed by atoms with Crippen molar-refractivity contribution >= 4 is 39.8 Å². The lowest BCUT2D eigenvalue weighted by atomic mass is 10.0. The van der Waals surface area contributed by atoms with Crippen LogP contribution in [-0.2, 0) is 17.8 Å². The van der Waals surface area contributed by atoms with Gasteiger partial charge in [-0.25, -0.2) is 4.39 Å². The van der Waals surface area contributed by atoms with E-state index in [-0.39, 0.29) is 0 Å². The molecule has 1 aromatic heterocycles. The fraction of sp³-hybridized carbons (Fsp3) is 0.438. The van der Waals surface area contributed by atoms with Gasteiger partial charge in [-0.15, -0.1) is 0 Å². The number of hydrogen-bond acceptors (Lipinski definition) is 8. The monoisotopic (exact) mass is 607 g/mol. The minimum atomic E-state index is -0.928. The number of amides is 1. The number of fused-ring (bicyclic) bond motifs is 2. The lowest BCUT2D eigenvalue weighted by Gasteiger charge is -2.38. The van der Waals surface area contributed by atoms with E-state index < -0.39 is 11.7 Å². The molecule has 0 N–H and O–H groups in total. The van der Waals surface area contributed by atoms with Gasteiger partial charge in [0.2, 0.25) is 0 Å². The number of methoxy groups -OCH3 is 1. The molecule has 11 heteroatoms. The first-order valence-corrected chi connectivity index (χ1v) is 14.9. The highest BCUT2D eigenvalue weighted by molar-refractivity contribution is 6.36. The molecule has 0 aliphatic carbocycles. The van der Waals surface area contributed by atoms with Gasteiger partial charge in [-0.2, -0.15) is 15.2 Å². The van der Waals surface area contributed by atoms with Crippen LogP contribution in [0.25, 0.3) is 10.8 Å². The topological polar surface area (TPSA) is 88.8 Å². The molecule has 3 aliphatic rings. The molecule has 0 radical (unpaired) electrons. The van der Waals surface area contributed by atoms with Crippen LogP contribution in [0.15, 0.2) is 48.8 Å². The van der Waals surface area contributed by atoms with Crippen LogP contribution in [0.3, 0.4) is 0 Å². The lowest BCUT2D eigenvalue weighted by molar-refractivity contribution is -0.128. The average molecular weight is 608 g/mol. The van der Waals surface area contributed by atoms with Crippen molar-refractivity contribution < 1.29 is 13.9 Å². The van der Waals surface area contributed by atoms with E-state index in [1.54, 1.807) is 13.2 Å². The second-order valence-electron chi connectivity index (χ2n) is 10.7. The molecule has 3 aromatic rings. The number of halogens is 2. The van der Waals surface area contributed by atoms with Crippen LogP contribution < -0.4 is 14.5 Å². The summed E-state index contributed by atoms with van der Waals surface area (Å²) in [5, 5.41) is 10.2. The summed E-state index contributed by atoms with van der Waals surface area (Å²) in [7, 11) is 3.73. The number of benzene rings is 2. The second-order valence-corrected chi connectivity index (χ2v) is 11.1. The zero-order valence-electron chi connectivity index (χ0n) is 25.2. The van der Waals surface area contributed by atoms with E-state index in [9.17, 15) is 9.18 Å². The fourth-order valence-corrected chi connectivity index (χ4v) is 5.93. The molecule has 228 valence electrons. The van der Waals surface area contributed by atoms with Crippen LogP contribution in [-0.4, -0.2) is 85.6 Å². The third-order valence-electron chi connectivity index (χ3n) is 7.81. The van der Waals surface area contributed by atoms with Gasteiger partial charge in [0.1, 0.15) is 5.82 Å². The summed E-state index contributed by atoms with van der Waals surface area (Å²) in [5.74, 6) is -0.752. The van der Waals surface area contributed by atoms with Gasteiger partial charge in [-0.05, 0) is 56.9 Å². The Morgan fingerprint density at radius 3 is 2.26 bits per heavy atom. The normalized spacial score (nSPS) is 16.3. The van der Waals surface area contributed by atoms with Gasteiger partial charge in [-0.1, -0.05) is 42.4 Å². The Balaban J connectivity index is 0.000000408. The highest BCUT2D eigenvalue weighted by Crippen LogP contribution is 2.37. The summed E-state index contributed by atoms with van der Waals surface area (Å²) in [4.78, 5) is 29.5. The third kappa shape index (κ3) is 7.72. The molecule has 2 aromatic carbocycles. The summed E-state index contributed by atoms with van der Waals surface area (Å²) in [5.41, 5.74) is 3.07. The minimum absolute atomic E-state index is 0.308. The van der Waals surface area contributed by atoms with E-state index in [4.69, 9.17) is 21.6 Å². The first-order chi connectivity index (χ1) is 20.8. The van der Waals surface area contributed by atoms with Crippen molar-refractivity contribution in [1.29, 1.82) is 5.26 Å². The molecule has 0 bridgehead atoms. The molecule has 0 atom stereocenters. The smallest absolute Gasteiger partial charge is 0.318 e. The number of piperazine rings is 1. The maximum atomic E-state index is 13.3. The number of nitriles is 1. The largest absolute Gasteiger partial charge is 0.467 e. The molecule has 3 aliphatic heterocycles. The van der Waals surface area contributed by atoms with E-state index in [2.05, 4.69) is 56.5 Å². The third-order valence-corrected chi connectivity index (χ3v) is 8.12. The average Bonchev–Trinajstić information content (AvgIpc) is 3.51. The number of hydrogen-bond donors (Lipinski definition) is 0. The van der Waals surface area contributed by atoms with Crippen molar-refractivity contribution in [3.05, 3.63) is 65.1 Å². The molecule has 4 heterocycles. The Bertz CT molecular complexity index is 1480. The maximum absolute atomic E-state index is 13.3. The Morgan fingerprint density at radius 2 is 1.67 bits per heavy atom. The van der Waals surface area contributed by atoms with Crippen molar-refractivity contribution in [2.75, 3.05) is 69.8 Å². The number of rotatable bonds is 4. The highest BCUT2D eigenvalue weighted by Gasteiger charge is 2.29. The van der Waals surface area contributed by atoms with Gasteiger partial charge in [0.05, 0.1) is 30.4 Å². The molecular weight excluding hydrogens is 569 g/mol. The number of anilines is 2. The number of ether oxygens (including phenoxy) is 1. The fourth-order valence-electron chi connectivity index (χ4n) is 5.65. The van der Waals surface area contributed by atoms with E-state index in [0.29, 0.717) is 38.7 Å². The first kappa shape index (κ1) is 32.0. The number of nitrogens with zero attached hydrogens (tertiary/aromatic N) is 7. The SMILES string of the molecule is C=C(F)C(=O)N1CCN(c2nc(OC)nc3c2CCN(c2cccc4cccc(Cl)c24)C3)CC1.CC#N.CN1CCCC1. The summed E-state index contributed by atoms with van der Waals surface area (Å²) >= 11 is 6.57. The van der Waals surface area contributed by atoms with Crippen LogP contribution in [0.2, 0.25) is 5.02 Å². The van der Waals surface area contributed by atoms with Crippen LogP contribution >= 0.6 is 11.6 Å². The molecule has 9 nitrogen and oxygen atoms in total. The Hall–Kier alpha value is -3.94. The van der Waals surface area contributed by atoms with Gasteiger partial charge in [0, 0.05) is 56.3 Å². The van der Waals surface area contributed by atoms with Crippen LogP contribution in [0.5, 0.6) is 6.01 Å². The van der Waals surface area contributed by atoms with Gasteiger partial charge in [-0.3, -0.25) is 4.79 Å². The number of aromatic nitrogens is 2. The van der Waals surface area contributed by atoms with Gasteiger partial charge in [0.15, 0.2) is 5.83 Å². The Kier molecular flexibility index (Phi) is 11.1. The molecule has 43 heavy (non-hydrogen) atoms. The van der Waals surface area contributed by atoms with Crippen LogP contribution in [0.1, 0.15) is 31.0 Å². The van der Waals surface area contributed by atoms with Crippen LogP contribution in [0.4, 0.5) is 15.9 Å². The maximum Gasteiger partial charge on any atom is 0.318 e. The van der Waals surface area contributed by atoms with Crippen molar-refractivity contribution in [2.24, 2.45) is 0 Å². The van der Waals surface area contributed by atoms with E-state index in [1.165, 1.54) is 37.8 Å². The van der Waals surface area contributed by atoms with Gasteiger partial charge in [0.25, 0.3) is 5.91 Å². The lowest BCUT2D eigenvalue weighted by Crippen LogP contribution is -2.49. The molecule has 6 rings (SSSR count). The Morgan fingerprint density at radius 1 is 1.02 bits per heavy atom. The molecular formula is C32H39ClFN7O2. The van der Waals surface area contributed by atoms with Gasteiger partial charge >= 0.3 is 6.01 Å². The molecule has 2 saturated heterocycles. The number of likely N-dealkylation sites (tertiary alicyclic amines) is 1. The molecule has 2 fully saturated rings. The van der Waals surface area contributed by atoms with Crippen molar-refractivity contribution in [3.8, 4) is 12.1 Å². The van der Waals surface area contributed by atoms with Crippen LogP contribution in [0, 0.1) is 11.3 Å². The van der Waals surface area contributed by atoms with Crippen molar-refractivity contribution in [2.45, 2.75) is 32.7 Å². The predicted octanol–water partition coefficient (Wildman–Crippen LogP) is 5.23. The van der Waals surface area contributed by atoms with E-state index in [1.807, 2.05) is 18.2 Å². The number of carbonyl (C=O) groups excluding carboxylic acids is 1. The molecule has 0 saturated carbocycles. The summed E-state index contributed by atoms with van der Waals surface area (Å²) < 4.78 is 18.7. The minimum Gasteiger partial charge on any atom is -0.467 e. The zero-order chi connectivity index (χ0) is 30.9.